The third-order valence-electron chi connectivity index (χ3n) is 3.68. The van der Waals surface area contributed by atoms with Crippen LogP contribution in [0.5, 0.6) is 5.75 Å². The number of hydrogen-bond donors (Lipinski definition) is 2. The molecule has 1 unspecified atom stereocenters. The van der Waals surface area contributed by atoms with E-state index < -0.39 is 0 Å². The zero-order valence-electron chi connectivity index (χ0n) is 13.5. The first-order valence-electron chi connectivity index (χ1n) is 7.82. The predicted octanol–water partition coefficient (Wildman–Crippen LogP) is 2.01. The molecule has 2 rings (SSSR count). The Balaban J connectivity index is 1.98. The Morgan fingerprint density at radius 3 is 3.05 bits per heavy atom. The number of anilines is 1. The third-order valence-corrected chi connectivity index (χ3v) is 3.68. The van der Waals surface area contributed by atoms with Crippen molar-refractivity contribution in [2.75, 3.05) is 38.2 Å². The van der Waals surface area contributed by atoms with E-state index in [1.807, 2.05) is 18.2 Å². The highest BCUT2D eigenvalue weighted by Gasteiger charge is 2.25. The van der Waals surface area contributed by atoms with E-state index in [2.05, 4.69) is 40.1 Å². The van der Waals surface area contributed by atoms with Gasteiger partial charge in [-0.25, -0.2) is 4.99 Å². The minimum atomic E-state index is 0.382. The largest absolute Gasteiger partial charge is 0.495 e. The molecule has 1 atom stereocenters. The summed E-state index contributed by atoms with van der Waals surface area (Å²) in [5, 5.41) is 6.77. The zero-order valence-corrected chi connectivity index (χ0v) is 13.5. The van der Waals surface area contributed by atoms with E-state index in [-0.39, 0.29) is 0 Å². The van der Waals surface area contributed by atoms with Crippen molar-refractivity contribution in [1.29, 1.82) is 0 Å². The van der Waals surface area contributed by atoms with Crippen LogP contribution >= 0.6 is 0 Å². The molecule has 5 heteroatoms. The van der Waals surface area contributed by atoms with E-state index in [9.17, 15) is 0 Å². The van der Waals surface area contributed by atoms with Gasteiger partial charge < -0.3 is 20.3 Å². The van der Waals surface area contributed by atoms with Crippen LogP contribution < -0.4 is 20.3 Å². The Bertz CT molecular complexity index is 515. The van der Waals surface area contributed by atoms with Gasteiger partial charge in [0.25, 0.3) is 0 Å². The highest BCUT2D eigenvalue weighted by Crippen LogP contribution is 2.30. The maximum atomic E-state index is 5.46. The van der Waals surface area contributed by atoms with Crippen molar-refractivity contribution < 1.29 is 4.74 Å². The number of nitrogens with one attached hydrogen (secondary N) is 2. The third kappa shape index (κ3) is 4.16. The number of hydrogen-bond acceptors (Lipinski definition) is 3. The quantitative estimate of drug-likeness (QED) is 0.479. The molecule has 1 aromatic rings. The molecule has 1 aliphatic rings. The summed E-state index contributed by atoms with van der Waals surface area (Å²) in [6, 6.07) is 8.55. The average Bonchev–Trinajstić information content (AvgIpc) is 3.01. The Labute approximate surface area is 133 Å². The molecule has 1 aliphatic heterocycles. The van der Waals surface area contributed by atoms with Gasteiger partial charge in [0, 0.05) is 25.7 Å². The minimum Gasteiger partial charge on any atom is -0.495 e. The average molecular weight is 302 g/mol. The maximum absolute atomic E-state index is 5.46. The Hall–Kier alpha value is -2.17. The summed E-state index contributed by atoms with van der Waals surface area (Å²) in [6.45, 7) is 9.21. The monoisotopic (exact) mass is 302 g/mol. The first-order valence-corrected chi connectivity index (χ1v) is 7.82. The smallest absolute Gasteiger partial charge is 0.191 e. The van der Waals surface area contributed by atoms with Crippen molar-refractivity contribution in [1.82, 2.24) is 10.6 Å². The van der Waals surface area contributed by atoms with Crippen LogP contribution in [0, 0.1) is 0 Å². The van der Waals surface area contributed by atoms with Gasteiger partial charge in [-0.3, -0.25) is 0 Å². The van der Waals surface area contributed by atoms with Crippen molar-refractivity contribution >= 4 is 11.6 Å². The van der Waals surface area contributed by atoms with Crippen LogP contribution in [0.4, 0.5) is 5.69 Å². The van der Waals surface area contributed by atoms with Gasteiger partial charge in [-0.1, -0.05) is 18.2 Å². The summed E-state index contributed by atoms with van der Waals surface area (Å²) in [5.41, 5.74) is 1.15. The lowest BCUT2D eigenvalue weighted by atomic mass is 10.2. The summed E-state index contributed by atoms with van der Waals surface area (Å²) in [5.74, 6) is 1.78. The summed E-state index contributed by atoms with van der Waals surface area (Å²) in [4.78, 5) is 6.81. The van der Waals surface area contributed by atoms with Crippen LogP contribution in [-0.4, -0.2) is 45.3 Å². The number of ether oxygens (including phenoxy) is 1. The fourth-order valence-electron chi connectivity index (χ4n) is 2.66. The van der Waals surface area contributed by atoms with Gasteiger partial charge in [0.2, 0.25) is 0 Å². The maximum Gasteiger partial charge on any atom is 0.191 e. The van der Waals surface area contributed by atoms with Crippen LogP contribution in [0.3, 0.4) is 0 Å². The molecule has 1 aromatic carbocycles. The van der Waals surface area contributed by atoms with Gasteiger partial charge in [0.15, 0.2) is 5.96 Å². The first-order chi connectivity index (χ1) is 10.8. The van der Waals surface area contributed by atoms with Crippen LogP contribution in [0.25, 0.3) is 0 Å². The number of aliphatic imine (C=N–C) groups is 1. The summed E-state index contributed by atoms with van der Waals surface area (Å²) in [6.07, 6.45) is 2.88. The molecule has 1 heterocycles. The molecule has 22 heavy (non-hydrogen) atoms. The molecule has 0 aliphatic carbocycles. The lowest BCUT2D eigenvalue weighted by Gasteiger charge is -2.22. The van der Waals surface area contributed by atoms with Crippen molar-refractivity contribution in [3.63, 3.8) is 0 Å². The van der Waals surface area contributed by atoms with Crippen LogP contribution in [-0.2, 0) is 0 Å². The van der Waals surface area contributed by atoms with Crippen LogP contribution in [0.15, 0.2) is 41.9 Å². The molecule has 1 saturated heterocycles. The topological polar surface area (TPSA) is 48.9 Å². The summed E-state index contributed by atoms with van der Waals surface area (Å²) in [7, 11) is 1.72. The second-order valence-electron chi connectivity index (χ2n) is 5.26. The van der Waals surface area contributed by atoms with Gasteiger partial charge in [-0.2, -0.15) is 0 Å². The number of para-hydroxylation sites is 2. The number of guanidine groups is 1. The molecule has 2 N–H and O–H groups in total. The Morgan fingerprint density at radius 1 is 1.50 bits per heavy atom. The SMILES string of the molecule is C=CCN=C(NCC)NC1CCN(c2ccccc2OC)C1. The number of benzene rings is 1. The van der Waals surface area contributed by atoms with Gasteiger partial charge in [-0.05, 0) is 25.5 Å². The van der Waals surface area contributed by atoms with Crippen LogP contribution in [0.2, 0.25) is 0 Å². The van der Waals surface area contributed by atoms with Gasteiger partial charge >= 0.3 is 0 Å². The second kappa shape index (κ2) is 8.32. The van der Waals surface area contributed by atoms with E-state index in [1.165, 1.54) is 0 Å². The molecule has 0 spiro atoms. The van der Waals surface area contributed by atoms with Crippen molar-refractivity contribution in [2.45, 2.75) is 19.4 Å². The normalized spacial score (nSPS) is 18.2. The number of methoxy groups -OCH3 is 1. The highest BCUT2D eigenvalue weighted by molar-refractivity contribution is 5.80. The van der Waals surface area contributed by atoms with E-state index in [4.69, 9.17) is 4.74 Å². The molecule has 5 nitrogen and oxygen atoms in total. The van der Waals surface area contributed by atoms with E-state index in [0.29, 0.717) is 12.6 Å². The van der Waals surface area contributed by atoms with Gasteiger partial charge in [-0.15, -0.1) is 6.58 Å². The van der Waals surface area contributed by atoms with Gasteiger partial charge in [0.1, 0.15) is 5.75 Å². The standard InChI is InChI=1S/C17H26N4O/c1-4-11-19-17(18-5-2)20-14-10-12-21(13-14)15-8-6-7-9-16(15)22-3/h4,6-9,14H,1,5,10-13H2,2-3H3,(H2,18,19,20). The molecule has 0 aromatic heterocycles. The van der Waals surface area contributed by atoms with Gasteiger partial charge in [0.05, 0.1) is 19.3 Å². The Kier molecular flexibility index (Phi) is 6.13. The van der Waals surface area contributed by atoms with E-state index in [1.54, 1.807) is 13.2 Å². The fraction of sp³-hybridized carbons (Fsp3) is 0.471. The first kappa shape index (κ1) is 16.2. The lowest BCUT2D eigenvalue weighted by Crippen LogP contribution is -2.44. The van der Waals surface area contributed by atoms with E-state index in [0.717, 1.165) is 43.5 Å². The molecule has 0 saturated carbocycles. The number of rotatable bonds is 6. The fourth-order valence-corrected chi connectivity index (χ4v) is 2.66. The zero-order chi connectivity index (χ0) is 15.8. The van der Waals surface area contributed by atoms with E-state index >= 15 is 0 Å². The number of nitrogens with zero attached hydrogens (tertiary/aromatic N) is 2. The van der Waals surface area contributed by atoms with Crippen molar-refractivity contribution in [3.05, 3.63) is 36.9 Å². The lowest BCUT2D eigenvalue weighted by molar-refractivity contribution is 0.415. The molecule has 0 radical (unpaired) electrons. The molecular weight excluding hydrogens is 276 g/mol. The van der Waals surface area contributed by atoms with Crippen LogP contribution in [0.1, 0.15) is 13.3 Å². The second-order valence-corrected chi connectivity index (χ2v) is 5.26. The molecule has 120 valence electrons. The van der Waals surface area contributed by atoms with Crippen molar-refractivity contribution in [2.24, 2.45) is 4.99 Å². The molecule has 0 bridgehead atoms. The van der Waals surface area contributed by atoms with Crippen molar-refractivity contribution in [3.8, 4) is 5.75 Å². The molecule has 1 fully saturated rings. The minimum absolute atomic E-state index is 0.382. The highest BCUT2D eigenvalue weighted by atomic mass is 16.5. The Morgan fingerprint density at radius 2 is 2.32 bits per heavy atom. The summed E-state index contributed by atoms with van der Waals surface area (Å²) >= 11 is 0. The summed E-state index contributed by atoms with van der Waals surface area (Å²) < 4.78 is 5.46. The molecular formula is C17H26N4O. The molecule has 0 amide bonds. The predicted molar refractivity (Wildman–Crippen MR) is 92.9 cm³/mol.